The van der Waals surface area contributed by atoms with Crippen LogP contribution in [0.25, 0.3) is 88.7 Å². The number of furan rings is 1. The van der Waals surface area contributed by atoms with Crippen LogP contribution in [-0.2, 0) is 5.41 Å². The Bertz CT molecular complexity index is 3550. The molecule has 1 heterocycles. The van der Waals surface area contributed by atoms with Crippen molar-refractivity contribution in [3.8, 4) is 66.8 Å². The lowest BCUT2D eigenvalue weighted by atomic mass is 9.80. The first-order chi connectivity index (χ1) is 32.0. The summed E-state index contributed by atoms with van der Waals surface area (Å²) in [7, 11) is 0. The van der Waals surface area contributed by atoms with Crippen LogP contribution in [0.1, 0.15) is 25.0 Å². The molecule has 11 aromatic rings. The molecule has 10 aromatic carbocycles. The molecule has 0 aliphatic heterocycles. The Morgan fingerprint density at radius 1 is 0.323 bits per heavy atom. The summed E-state index contributed by atoms with van der Waals surface area (Å²) < 4.78 is 6.54. The minimum atomic E-state index is -0.181. The highest BCUT2D eigenvalue weighted by Crippen LogP contribution is 2.54. The van der Waals surface area contributed by atoms with Crippen molar-refractivity contribution >= 4 is 39.0 Å². The smallest absolute Gasteiger partial charge is 0.143 e. The van der Waals surface area contributed by atoms with E-state index < -0.39 is 0 Å². The Balaban J connectivity index is 0.994. The molecule has 308 valence electrons. The van der Waals surface area contributed by atoms with E-state index in [0.717, 1.165) is 55.7 Å². The summed E-state index contributed by atoms with van der Waals surface area (Å²) in [6.45, 7) is 4.76. The first kappa shape index (κ1) is 38.5. The first-order valence-electron chi connectivity index (χ1n) is 22.5. The second-order valence-corrected chi connectivity index (χ2v) is 17.7. The van der Waals surface area contributed by atoms with Gasteiger partial charge in [0.25, 0.3) is 0 Å². The number of benzene rings is 10. The Labute approximate surface area is 380 Å². The summed E-state index contributed by atoms with van der Waals surface area (Å²) in [4.78, 5) is 2.38. The molecule has 1 aromatic heterocycles. The lowest BCUT2D eigenvalue weighted by Gasteiger charge is -2.27. The SMILES string of the molecule is CC1(C)c2ccc(-c3cccc(N(c4ccc(-c5ccccc5)cc4)c4cccc(-c5cccc6c5oc5ccccc56)c4)c3)cc2-c2c(-c3ccccc3)cc(-c3ccccc3)cc21. The predicted molar refractivity (Wildman–Crippen MR) is 273 cm³/mol. The minimum absolute atomic E-state index is 0.181. The van der Waals surface area contributed by atoms with Gasteiger partial charge in [0.15, 0.2) is 0 Å². The number of rotatable bonds is 8. The lowest BCUT2D eigenvalue weighted by Crippen LogP contribution is -2.15. The summed E-state index contributed by atoms with van der Waals surface area (Å²) in [6.07, 6.45) is 0. The summed E-state index contributed by atoms with van der Waals surface area (Å²) >= 11 is 0. The standard InChI is InChI=1S/C63H45NO/c1-63(2)58-36-33-47(39-57(58)61-56(45-21-10-5-11-22-45)40-49(41-59(61)63)43-19-8-4-9-20-43)46-23-14-25-51(37-46)64(50-34-31-44(32-35-50)42-17-6-3-7-18-42)52-26-15-24-48(38-52)53-28-16-29-55-54-27-12-13-30-60(54)65-62(53)55/h3-41H,1-2H3. The zero-order valence-electron chi connectivity index (χ0n) is 36.4. The van der Waals surface area contributed by atoms with E-state index in [1.807, 2.05) is 12.1 Å². The topological polar surface area (TPSA) is 16.4 Å². The van der Waals surface area contributed by atoms with Gasteiger partial charge in [-0.1, -0.05) is 190 Å². The Kier molecular flexibility index (Phi) is 9.21. The molecule has 0 N–H and O–H groups in total. The molecule has 0 radical (unpaired) electrons. The quantitative estimate of drug-likeness (QED) is 0.152. The maximum absolute atomic E-state index is 6.54. The van der Waals surface area contributed by atoms with Crippen LogP contribution in [0.2, 0.25) is 0 Å². The lowest BCUT2D eigenvalue weighted by molar-refractivity contribution is 0.661. The van der Waals surface area contributed by atoms with E-state index in [4.69, 9.17) is 4.42 Å². The maximum Gasteiger partial charge on any atom is 0.143 e. The monoisotopic (exact) mass is 831 g/mol. The largest absolute Gasteiger partial charge is 0.455 e. The fraction of sp³-hybridized carbons (Fsp3) is 0.0476. The molecule has 12 rings (SSSR count). The molecule has 0 saturated carbocycles. The average Bonchev–Trinajstić information content (AvgIpc) is 3.86. The number of anilines is 3. The molecule has 0 fully saturated rings. The van der Waals surface area contributed by atoms with E-state index in [1.165, 1.54) is 61.2 Å². The minimum Gasteiger partial charge on any atom is -0.455 e. The van der Waals surface area contributed by atoms with Crippen molar-refractivity contribution in [2.24, 2.45) is 0 Å². The van der Waals surface area contributed by atoms with Gasteiger partial charge in [-0.15, -0.1) is 0 Å². The third-order valence-electron chi connectivity index (χ3n) is 13.5. The fourth-order valence-corrected chi connectivity index (χ4v) is 10.2. The van der Waals surface area contributed by atoms with Gasteiger partial charge in [-0.25, -0.2) is 0 Å². The molecule has 2 heteroatoms. The molecule has 0 spiro atoms. The second-order valence-electron chi connectivity index (χ2n) is 17.7. The van der Waals surface area contributed by atoms with E-state index in [-0.39, 0.29) is 5.41 Å². The van der Waals surface area contributed by atoms with Gasteiger partial charge in [-0.2, -0.15) is 0 Å². The van der Waals surface area contributed by atoms with Gasteiger partial charge in [0.2, 0.25) is 0 Å². The van der Waals surface area contributed by atoms with Gasteiger partial charge < -0.3 is 9.32 Å². The van der Waals surface area contributed by atoms with Crippen LogP contribution < -0.4 is 4.90 Å². The molecular weight excluding hydrogens is 787 g/mol. The van der Waals surface area contributed by atoms with E-state index in [2.05, 4.69) is 243 Å². The Morgan fingerprint density at radius 3 is 1.57 bits per heavy atom. The van der Waals surface area contributed by atoms with Crippen molar-refractivity contribution in [2.75, 3.05) is 4.90 Å². The number of para-hydroxylation sites is 2. The third-order valence-corrected chi connectivity index (χ3v) is 13.5. The van der Waals surface area contributed by atoms with E-state index in [9.17, 15) is 0 Å². The summed E-state index contributed by atoms with van der Waals surface area (Å²) in [6, 6.07) is 85.8. The molecule has 1 aliphatic rings. The zero-order chi connectivity index (χ0) is 43.5. The molecule has 0 amide bonds. The first-order valence-corrected chi connectivity index (χ1v) is 22.5. The number of hydrogen-bond donors (Lipinski definition) is 0. The Hall–Kier alpha value is -8.20. The van der Waals surface area contributed by atoms with Crippen molar-refractivity contribution in [2.45, 2.75) is 19.3 Å². The molecule has 0 saturated heterocycles. The molecule has 0 bridgehead atoms. The highest BCUT2D eigenvalue weighted by Gasteiger charge is 2.38. The summed E-state index contributed by atoms with van der Waals surface area (Å²) in [5.74, 6) is 0. The second kappa shape index (κ2) is 15.6. The average molecular weight is 832 g/mol. The number of nitrogens with zero attached hydrogens (tertiary/aromatic N) is 1. The van der Waals surface area contributed by atoms with Gasteiger partial charge >= 0.3 is 0 Å². The molecule has 1 aliphatic carbocycles. The van der Waals surface area contributed by atoms with Crippen molar-refractivity contribution in [3.05, 3.63) is 248 Å². The highest BCUT2D eigenvalue weighted by atomic mass is 16.3. The van der Waals surface area contributed by atoms with Gasteiger partial charge in [-0.05, 0) is 133 Å². The fourth-order valence-electron chi connectivity index (χ4n) is 10.2. The van der Waals surface area contributed by atoms with Crippen LogP contribution in [0.3, 0.4) is 0 Å². The van der Waals surface area contributed by atoms with Crippen LogP contribution in [0.5, 0.6) is 0 Å². The van der Waals surface area contributed by atoms with E-state index in [0.29, 0.717) is 0 Å². The molecule has 2 nitrogen and oxygen atoms in total. The van der Waals surface area contributed by atoms with E-state index >= 15 is 0 Å². The van der Waals surface area contributed by atoms with E-state index in [1.54, 1.807) is 0 Å². The van der Waals surface area contributed by atoms with Gasteiger partial charge in [0.1, 0.15) is 11.2 Å². The Morgan fingerprint density at radius 2 is 0.846 bits per heavy atom. The molecule has 0 atom stereocenters. The zero-order valence-corrected chi connectivity index (χ0v) is 36.4. The van der Waals surface area contributed by atoms with Crippen LogP contribution in [0.15, 0.2) is 241 Å². The third kappa shape index (κ3) is 6.65. The number of hydrogen-bond acceptors (Lipinski definition) is 2. The molecule has 0 unspecified atom stereocenters. The van der Waals surface area contributed by atoms with Crippen molar-refractivity contribution in [3.63, 3.8) is 0 Å². The normalized spacial score (nSPS) is 12.6. The van der Waals surface area contributed by atoms with Crippen molar-refractivity contribution < 1.29 is 4.42 Å². The van der Waals surface area contributed by atoms with Crippen molar-refractivity contribution in [1.29, 1.82) is 0 Å². The predicted octanol–water partition coefficient (Wildman–Crippen LogP) is 17.7. The molecule has 65 heavy (non-hydrogen) atoms. The van der Waals surface area contributed by atoms with Crippen LogP contribution in [0.4, 0.5) is 17.1 Å². The molecular formula is C63H45NO. The summed E-state index contributed by atoms with van der Waals surface area (Å²) in [5.41, 5.74) is 22.0. The van der Waals surface area contributed by atoms with Gasteiger partial charge in [-0.3, -0.25) is 0 Å². The van der Waals surface area contributed by atoms with Crippen LogP contribution in [-0.4, -0.2) is 0 Å². The van der Waals surface area contributed by atoms with Gasteiger partial charge in [0, 0.05) is 38.8 Å². The summed E-state index contributed by atoms with van der Waals surface area (Å²) in [5, 5.41) is 2.25. The van der Waals surface area contributed by atoms with Crippen LogP contribution in [0, 0.1) is 0 Å². The highest BCUT2D eigenvalue weighted by molar-refractivity contribution is 6.09. The van der Waals surface area contributed by atoms with Crippen LogP contribution >= 0.6 is 0 Å². The maximum atomic E-state index is 6.54. The number of fused-ring (bicyclic) bond motifs is 6. The van der Waals surface area contributed by atoms with Crippen molar-refractivity contribution in [1.82, 2.24) is 0 Å². The van der Waals surface area contributed by atoms with Gasteiger partial charge in [0.05, 0.1) is 0 Å².